The number of rotatable bonds is 6. The molecular weight excluding hydrogens is 863 g/mol. The van der Waals surface area contributed by atoms with Crippen molar-refractivity contribution in [2.45, 2.75) is 14.7 Å². The van der Waals surface area contributed by atoms with Gasteiger partial charge in [0, 0.05) is 49.4 Å². The summed E-state index contributed by atoms with van der Waals surface area (Å²) in [5, 5.41) is 36.9. The first kappa shape index (κ1) is 52.5. The molecule has 0 amide bonds. The summed E-state index contributed by atoms with van der Waals surface area (Å²) in [6.07, 6.45) is 0. The molecule has 0 aliphatic carbocycles. The standard InChI is InChI=1S/3C10H7NO5S.Fe.3Na/c3*12-10-7-4-2-1-3-6(7)9(17(14,15)16)5-8(10)11-13;;;;/h3*1-5,12H,(H,14,15,16);;;;/q;;;;3*+1/p-3. The Morgan fingerprint density at radius 1 is 0.400 bits per heavy atom. The second kappa shape index (κ2) is 21.3. The van der Waals surface area contributed by atoms with Crippen LogP contribution in [0.5, 0.6) is 17.2 Å². The molecule has 0 fully saturated rings. The van der Waals surface area contributed by atoms with E-state index in [1.54, 1.807) is 0 Å². The Balaban J connectivity index is 0.000000767. The summed E-state index contributed by atoms with van der Waals surface area (Å²) in [5.41, 5.74) is -1.42. The summed E-state index contributed by atoms with van der Waals surface area (Å²) in [6.45, 7) is 0. The Kier molecular flexibility index (Phi) is 20.4. The number of phenols is 3. The molecule has 272 valence electrons. The fourth-order valence-electron chi connectivity index (χ4n) is 4.77. The molecule has 0 bridgehead atoms. The molecule has 0 saturated carbocycles. The van der Waals surface area contributed by atoms with E-state index in [4.69, 9.17) is 0 Å². The first-order valence-corrected chi connectivity index (χ1v) is 17.7. The summed E-state index contributed by atoms with van der Waals surface area (Å²) < 4.78 is 99.4. The van der Waals surface area contributed by atoms with E-state index in [1.165, 1.54) is 72.8 Å². The summed E-state index contributed by atoms with van der Waals surface area (Å²) in [5.74, 6) is -1.32. The molecular formula is C30H18FeN3Na3O15S3. The minimum Gasteiger partial charge on any atom is -0.744 e. The van der Waals surface area contributed by atoms with Crippen LogP contribution in [0.1, 0.15) is 0 Å². The van der Waals surface area contributed by atoms with Gasteiger partial charge < -0.3 is 29.0 Å². The van der Waals surface area contributed by atoms with E-state index < -0.39 is 79.4 Å². The van der Waals surface area contributed by atoms with Gasteiger partial charge in [-0.1, -0.05) is 72.8 Å². The van der Waals surface area contributed by atoms with Crippen molar-refractivity contribution in [3.05, 3.63) is 106 Å². The van der Waals surface area contributed by atoms with Crippen molar-refractivity contribution < 1.29 is 160 Å². The number of nitroso groups, excluding NO2 is 3. The van der Waals surface area contributed by atoms with Crippen molar-refractivity contribution in [2.24, 2.45) is 15.5 Å². The first-order valence-electron chi connectivity index (χ1n) is 13.5. The number of fused-ring (bicyclic) bond motifs is 3. The predicted molar refractivity (Wildman–Crippen MR) is 177 cm³/mol. The van der Waals surface area contributed by atoms with Gasteiger partial charge in [-0.05, 0) is 33.7 Å². The van der Waals surface area contributed by atoms with Gasteiger partial charge in [0.15, 0.2) is 34.3 Å². The molecule has 0 unspecified atom stereocenters. The molecule has 6 rings (SSSR count). The van der Waals surface area contributed by atoms with E-state index in [-0.39, 0.29) is 138 Å². The molecule has 0 aromatic heterocycles. The smallest absolute Gasteiger partial charge is 0.744 e. The second-order valence-electron chi connectivity index (χ2n) is 10.0. The SMILES string of the molecule is O=Nc1cc(S(=O)(=O)[O-])c2ccccc2c1O.O=Nc1cc(S(=O)(=O)[O-])c2ccccc2c1O.O=Nc1cc(S(=O)(=O)[O-])c2ccccc2c1O.[Fe].[Na+].[Na+].[Na+]. The zero-order chi connectivity index (χ0) is 37.9. The fraction of sp³-hybridized carbons (Fsp3) is 0. The minimum absolute atomic E-state index is 0. The van der Waals surface area contributed by atoms with E-state index in [1.807, 2.05) is 0 Å². The maximum Gasteiger partial charge on any atom is 1.00 e. The van der Waals surface area contributed by atoms with Crippen molar-refractivity contribution in [2.75, 3.05) is 0 Å². The summed E-state index contributed by atoms with van der Waals surface area (Å²) >= 11 is 0. The molecule has 55 heavy (non-hydrogen) atoms. The van der Waals surface area contributed by atoms with Crippen molar-refractivity contribution in [3.63, 3.8) is 0 Å². The third-order valence-electron chi connectivity index (χ3n) is 6.98. The van der Waals surface area contributed by atoms with Gasteiger partial charge in [-0.25, -0.2) is 25.3 Å². The zero-order valence-electron chi connectivity index (χ0n) is 28.3. The van der Waals surface area contributed by atoms with Crippen molar-refractivity contribution in [3.8, 4) is 17.2 Å². The van der Waals surface area contributed by atoms with E-state index in [2.05, 4.69) is 15.5 Å². The van der Waals surface area contributed by atoms with Gasteiger partial charge in [-0.2, -0.15) is 0 Å². The van der Waals surface area contributed by atoms with E-state index in [0.29, 0.717) is 0 Å². The fourth-order valence-corrected chi connectivity index (χ4v) is 6.88. The largest absolute Gasteiger partial charge is 1.00 e. The van der Waals surface area contributed by atoms with Crippen LogP contribution in [0.15, 0.2) is 121 Å². The Labute approximate surface area is 388 Å². The molecule has 0 spiro atoms. The predicted octanol–water partition coefficient (Wildman–Crippen LogP) is -3.45. The number of aromatic hydroxyl groups is 3. The van der Waals surface area contributed by atoms with Crippen LogP contribution in [0.25, 0.3) is 32.3 Å². The molecule has 0 atom stereocenters. The van der Waals surface area contributed by atoms with E-state index in [9.17, 15) is 69.0 Å². The second-order valence-corrected chi connectivity index (χ2v) is 14.0. The summed E-state index contributed by atoms with van der Waals surface area (Å²) in [4.78, 5) is 29.6. The molecule has 18 nitrogen and oxygen atoms in total. The van der Waals surface area contributed by atoms with Crippen LogP contribution in [0.3, 0.4) is 0 Å². The number of benzene rings is 6. The Hall–Kier alpha value is -2.45. The van der Waals surface area contributed by atoms with Gasteiger partial charge in [-0.15, -0.1) is 14.7 Å². The Morgan fingerprint density at radius 3 is 0.745 bits per heavy atom. The minimum atomic E-state index is -4.74. The zero-order valence-corrected chi connectivity index (χ0v) is 37.9. The number of hydrogen-bond acceptors (Lipinski definition) is 18. The first-order chi connectivity index (χ1) is 23.8. The number of phenolic OH excluding ortho intramolecular Hbond substituents is 3. The van der Waals surface area contributed by atoms with Gasteiger partial charge >= 0.3 is 88.7 Å². The van der Waals surface area contributed by atoms with Crippen molar-refractivity contribution in [1.29, 1.82) is 0 Å². The Bertz CT molecular complexity index is 2450. The summed E-state index contributed by atoms with van der Waals surface area (Å²) in [7, 11) is -14.2. The third-order valence-corrected chi connectivity index (χ3v) is 9.61. The monoisotopic (exact) mass is 881 g/mol. The molecule has 25 heteroatoms. The van der Waals surface area contributed by atoms with Crippen molar-refractivity contribution in [1.82, 2.24) is 0 Å². The van der Waals surface area contributed by atoms with Crippen LogP contribution in [-0.4, -0.2) is 54.2 Å². The van der Waals surface area contributed by atoms with Gasteiger partial charge in [0.05, 0.1) is 14.7 Å². The van der Waals surface area contributed by atoms with Gasteiger partial charge in [0.25, 0.3) is 0 Å². The van der Waals surface area contributed by atoms with E-state index in [0.717, 1.165) is 18.2 Å². The maximum atomic E-state index is 11.0. The number of hydrogen-bond donors (Lipinski definition) is 3. The van der Waals surface area contributed by atoms with Gasteiger partial charge in [0.2, 0.25) is 0 Å². The summed E-state index contributed by atoms with van der Waals surface area (Å²) in [6, 6.07) is 19.8. The molecule has 0 aliphatic rings. The van der Waals surface area contributed by atoms with Crippen LogP contribution in [0, 0.1) is 14.7 Å². The van der Waals surface area contributed by atoms with Gasteiger partial charge in [0.1, 0.15) is 30.4 Å². The molecule has 0 aliphatic heterocycles. The van der Waals surface area contributed by atoms with Crippen LogP contribution >= 0.6 is 0 Å². The molecule has 3 N–H and O–H groups in total. The third kappa shape index (κ3) is 12.0. The molecule has 0 saturated heterocycles. The van der Waals surface area contributed by atoms with Crippen molar-refractivity contribution >= 4 is 79.7 Å². The maximum absolute atomic E-state index is 11.0. The van der Waals surface area contributed by atoms with Crippen LogP contribution in [0.2, 0.25) is 0 Å². The van der Waals surface area contributed by atoms with Crippen LogP contribution in [0.4, 0.5) is 17.1 Å². The molecule has 6 aromatic carbocycles. The Morgan fingerprint density at radius 2 is 0.582 bits per heavy atom. The molecule has 0 heterocycles. The normalized spacial score (nSPS) is 10.7. The van der Waals surface area contributed by atoms with Crippen LogP contribution < -0.4 is 88.7 Å². The quantitative estimate of drug-likeness (QED) is 0.0832. The van der Waals surface area contributed by atoms with E-state index >= 15 is 0 Å². The average Bonchev–Trinajstić information content (AvgIpc) is 3.08. The molecule has 6 aromatic rings. The number of nitrogens with zero attached hydrogens (tertiary/aromatic N) is 3. The molecule has 0 radical (unpaired) electrons. The average molecular weight is 881 g/mol. The van der Waals surface area contributed by atoms with Gasteiger partial charge in [-0.3, -0.25) is 0 Å². The topological polar surface area (TPSA) is 321 Å². The van der Waals surface area contributed by atoms with Crippen LogP contribution in [-0.2, 0) is 47.4 Å².